The maximum Gasteiger partial charge on any atom is 0.255 e. The number of hydrogen-bond acceptors (Lipinski definition) is 8. The Morgan fingerprint density at radius 3 is 2.59 bits per heavy atom. The minimum atomic E-state index is -0.443. The summed E-state index contributed by atoms with van der Waals surface area (Å²) in [7, 11) is 3.19. The fourth-order valence-corrected chi connectivity index (χ4v) is 4.67. The molecular weight excluding hydrogens is 452 g/mol. The van der Waals surface area contributed by atoms with E-state index in [1.165, 1.54) is 0 Å². The summed E-state index contributed by atoms with van der Waals surface area (Å²) in [6.45, 7) is 1.87. The van der Waals surface area contributed by atoms with E-state index in [1.54, 1.807) is 60.8 Å². The van der Waals surface area contributed by atoms with Crippen molar-refractivity contribution in [2.45, 2.75) is 13.0 Å². The quantitative estimate of drug-likeness (QED) is 0.428. The second-order valence-corrected chi connectivity index (χ2v) is 8.56. The van der Waals surface area contributed by atoms with Crippen LogP contribution in [-0.4, -0.2) is 39.9 Å². The number of benzene rings is 1. The summed E-state index contributed by atoms with van der Waals surface area (Å²) in [5.74, 6) is 2.07. The van der Waals surface area contributed by atoms with Crippen LogP contribution in [0.1, 0.15) is 17.8 Å². The van der Waals surface area contributed by atoms with Crippen molar-refractivity contribution in [2.24, 2.45) is 0 Å². The number of thiophene rings is 1. The first kappa shape index (κ1) is 21.7. The molecule has 0 radical (unpaired) electrons. The molecule has 3 aromatic heterocycles. The summed E-state index contributed by atoms with van der Waals surface area (Å²) < 4.78 is 12.5. The van der Waals surface area contributed by atoms with Crippen LogP contribution in [-0.2, 0) is 4.79 Å². The van der Waals surface area contributed by atoms with Gasteiger partial charge in [-0.15, -0.1) is 16.4 Å². The van der Waals surface area contributed by atoms with Crippen LogP contribution >= 0.6 is 11.3 Å². The molecular formula is C24H22N6O3S. The third-order valence-electron chi connectivity index (χ3n) is 5.44. The predicted octanol–water partition coefficient (Wildman–Crippen LogP) is 4.35. The molecule has 9 nitrogen and oxygen atoms in total. The minimum absolute atomic E-state index is 0.234. The molecule has 0 saturated heterocycles. The molecule has 10 heteroatoms. The molecule has 1 atom stereocenters. The molecule has 34 heavy (non-hydrogen) atoms. The number of pyridine rings is 1. The summed E-state index contributed by atoms with van der Waals surface area (Å²) in [4.78, 5) is 23.2. The molecule has 0 fully saturated rings. The van der Waals surface area contributed by atoms with Crippen LogP contribution < -0.4 is 20.1 Å². The van der Waals surface area contributed by atoms with Gasteiger partial charge in [0, 0.05) is 28.4 Å². The largest absolute Gasteiger partial charge is 0.497 e. The van der Waals surface area contributed by atoms with Gasteiger partial charge in [-0.05, 0) is 42.6 Å². The molecule has 1 unspecified atom stereocenters. The number of hydrogen-bond donors (Lipinski definition) is 2. The number of carbonyl (C=O) groups is 1. The van der Waals surface area contributed by atoms with Crippen LogP contribution in [0.3, 0.4) is 0 Å². The third kappa shape index (κ3) is 3.99. The van der Waals surface area contributed by atoms with E-state index < -0.39 is 6.04 Å². The number of amides is 1. The van der Waals surface area contributed by atoms with E-state index >= 15 is 0 Å². The zero-order valence-corrected chi connectivity index (χ0v) is 19.6. The van der Waals surface area contributed by atoms with E-state index in [2.05, 4.69) is 15.6 Å². The lowest BCUT2D eigenvalue weighted by molar-refractivity contribution is -0.113. The molecule has 0 spiro atoms. The normalized spacial score (nSPS) is 14.9. The molecule has 1 amide bonds. The SMILES string of the molecule is COc1cc(OC)cc(-c2nc3n(n2)C(c2cccs2)C(C(=O)Nc2cccnc2)=C(C)N3)c1. The average Bonchev–Trinajstić information content (AvgIpc) is 3.53. The standard InChI is InChI=1S/C24H22N6O3S/c1-14-20(23(31)27-16-6-4-8-25-13-16)21(19-7-5-9-34-19)30-24(26-14)28-22(29-30)15-10-17(32-2)12-18(11-15)33-3/h4-13,21H,1-3H3,(H,27,31)(H,26,28,29). The number of nitrogens with zero attached hydrogens (tertiary/aromatic N) is 4. The van der Waals surface area contributed by atoms with Crippen LogP contribution in [0.2, 0.25) is 0 Å². The Labute approximate surface area is 200 Å². The van der Waals surface area contributed by atoms with Crippen molar-refractivity contribution in [1.82, 2.24) is 19.7 Å². The molecule has 5 rings (SSSR count). The average molecular weight is 475 g/mol. The molecule has 2 N–H and O–H groups in total. The first-order chi connectivity index (χ1) is 16.6. The lowest BCUT2D eigenvalue weighted by Crippen LogP contribution is -2.31. The highest BCUT2D eigenvalue weighted by Crippen LogP contribution is 2.39. The number of methoxy groups -OCH3 is 2. The van der Waals surface area contributed by atoms with Crippen LogP contribution in [0.25, 0.3) is 11.4 Å². The summed E-state index contributed by atoms with van der Waals surface area (Å²) in [6, 6.07) is 12.6. The summed E-state index contributed by atoms with van der Waals surface area (Å²) in [5.41, 5.74) is 2.61. The van der Waals surface area contributed by atoms with Crippen molar-refractivity contribution in [2.75, 3.05) is 24.9 Å². The van der Waals surface area contributed by atoms with E-state index in [0.29, 0.717) is 40.2 Å². The number of anilines is 2. The minimum Gasteiger partial charge on any atom is -0.497 e. The first-order valence-electron chi connectivity index (χ1n) is 10.5. The number of carbonyl (C=O) groups excluding carboxylic acids is 1. The number of ether oxygens (including phenoxy) is 2. The van der Waals surface area contributed by atoms with Crippen molar-refractivity contribution in [3.63, 3.8) is 0 Å². The molecule has 0 saturated carbocycles. The van der Waals surface area contributed by atoms with Crippen molar-refractivity contribution < 1.29 is 14.3 Å². The molecule has 4 heterocycles. The topological polar surface area (TPSA) is 103 Å². The van der Waals surface area contributed by atoms with Gasteiger partial charge >= 0.3 is 0 Å². The zero-order valence-electron chi connectivity index (χ0n) is 18.8. The molecule has 172 valence electrons. The molecule has 1 aliphatic rings. The van der Waals surface area contributed by atoms with Crippen LogP contribution in [0.15, 0.2) is 71.5 Å². The van der Waals surface area contributed by atoms with Gasteiger partial charge in [-0.2, -0.15) is 4.98 Å². The van der Waals surface area contributed by atoms with Gasteiger partial charge in [0.05, 0.1) is 31.7 Å². The van der Waals surface area contributed by atoms with Crippen molar-refractivity contribution in [3.8, 4) is 22.9 Å². The van der Waals surface area contributed by atoms with Gasteiger partial charge in [0.2, 0.25) is 5.95 Å². The Balaban J connectivity index is 1.58. The smallest absolute Gasteiger partial charge is 0.255 e. The maximum absolute atomic E-state index is 13.4. The zero-order chi connectivity index (χ0) is 23.7. The fourth-order valence-electron chi connectivity index (χ4n) is 3.85. The Kier molecular flexibility index (Phi) is 5.72. The molecule has 1 aliphatic heterocycles. The van der Waals surface area contributed by atoms with E-state index in [0.717, 1.165) is 10.4 Å². The molecule has 1 aromatic carbocycles. The maximum atomic E-state index is 13.4. The second kappa shape index (κ2) is 8.99. The van der Waals surface area contributed by atoms with Crippen LogP contribution in [0.4, 0.5) is 11.6 Å². The molecule has 0 aliphatic carbocycles. The van der Waals surface area contributed by atoms with Gasteiger partial charge in [0.15, 0.2) is 5.82 Å². The molecule has 0 bridgehead atoms. The van der Waals surface area contributed by atoms with E-state index in [-0.39, 0.29) is 5.91 Å². The monoisotopic (exact) mass is 474 g/mol. The lowest BCUT2D eigenvalue weighted by Gasteiger charge is -2.27. The highest BCUT2D eigenvalue weighted by atomic mass is 32.1. The van der Waals surface area contributed by atoms with E-state index in [4.69, 9.17) is 19.6 Å². The van der Waals surface area contributed by atoms with Crippen molar-refractivity contribution >= 4 is 28.9 Å². The van der Waals surface area contributed by atoms with E-state index in [1.807, 2.05) is 36.6 Å². The Hall–Kier alpha value is -4.18. The Bertz CT molecular complexity index is 1340. The second-order valence-electron chi connectivity index (χ2n) is 7.58. The van der Waals surface area contributed by atoms with Gasteiger partial charge in [-0.25, -0.2) is 4.68 Å². The number of rotatable bonds is 6. The van der Waals surface area contributed by atoms with Gasteiger partial charge in [0.25, 0.3) is 5.91 Å². The Morgan fingerprint density at radius 2 is 1.94 bits per heavy atom. The highest BCUT2D eigenvalue weighted by molar-refractivity contribution is 7.10. The van der Waals surface area contributed by atoms with Crippen LogP contribution in [0.5, 0.6) is 11.5 Å². The van der Waals surface area contributed by atoms with Gasteiger partial charge in [0.1, 0.15) is 17.5 Å². The Morgan fingerprint density at radius 1 is 1.15 bits per heavy atom. The third-order valence-corrected chi connectivity index (χ3v) is 6.36. The molecule has 4 aromatic rings. The van der Waals surface area contributed by atoms with E-state index in [9.17, 15) is 4.79 Å². The van der Waals surface area contributed by atoms with Gasteiger partial charge in [-0.3, -0.25) is 9.78 Å². The number of fused-ring (bicyclic) bond motifs is 1. The van der Waals surface area contributed by atoms with Crippen molar-refractivity contribution in [3.05, 3.63) is 76.4 Å². The number of aromatic nitrogens is 4. The first-order valence-corrected chi connectivity index (χ1v) is 11.4. The number of nitrogens with one attached hydrogen (secondary N) is 2. The van der Waals surface area contributed by atoms with Crippen LogP contribution in [0, 0.1) is 0 Å². The summed E-state index contributed by atoms with van der Waals surface area (Å²) in [5, 5.41) is 13.0. The van der Waals surface area contributed by atoms with Crippen molar-refractivity contribution in [1.29, 1.82) is 0 Å². The lowest BCUT2D eigenvalue weighted by atomic mass is 10.0. The summed E-state index contributed by atoms with van der Waals surface area (Å²) >= 11 is 1.56. The van der Waals surface area contributed by atoms with Gasteiger partial charge < -0.3 is 20.1 Å². The fraction of sp³-hybridized carbons (Fsp3) is 0.167. The number of allylic oxidation sites excluding steroid dienone is 1. The highest BCUT2D eigenvalue weighted by Gasteiger charge is 2.35. The predicted molar refractivity (Wildman–Crippen MR) is 130 cm³/mol. The van der Waals surface area contributed by atoms with Gasteiger partial charge in [-0.1, -0.05) is 6.07 Å². The summed E-state index contributed by atoms with van der Waals surface area (Å²) in [6.07, 6.45) is 3.27.